The zero-order valence-corrected chi connectivity index (χ0v) is 8.62. The van der Waals surface area contributed by atoms with Crippen molar-refractivity contribution < 1.29 is 9.50 Å². The van der Waals surface area contributed by atoms with Gasteiger partial charge in [-0.15, -0.1) is 11.3 Å². The number of aromatic nitrogens is 2. The number of nitrogens with zero attached hydrogens (tertiary/aromatic N) is 2. The maximum Gasteiger partial charge on any atom is 0.141 e. The molecule has 0 amide bonds. The number of hydrogen-bond acceptors (Lipinski definition) is 4. The first-order valence-corrected chi connectivity index (χ1v) is 5.30. The van der Waals surface area contributed by atoms with E-state index in [1.165, 1.54) is 23.5 Å². The van der Waals surface area contributed by atoms with Gasteiger partial charge in [-0.25, -0.2) is 4.39 Å². The molecule has 2 aromatic heterocycles. The zero-order valence-electron chi connectivity index (χ0n) is 7.80. The molecule has 0 saturated carbocycles. The summed E-state index contributed by atoms with van der Waals surface area (Å²) in [5.41, 5.74) is 2.19. The van der Waals surface area contributed by atoms with Crippen LogP contribution in [0, 0.1) is 5.82 Å². The number of thiazole rings is 1. The molecule has 78 valence electrons. The van der Waals surface area contributed by atoms with E-state index >= 15 is 0 Å². The van der Waals surface area contributed by atoms with E-state index in [0.29, 0.717) is 12.1 Å². The fourth-order valence-electron chi connectivity index (χ4n) is 1.22. The summed E-state index contributed by atoms with van der Waals surface area (Å²) >= 11 is 1.48. The highest BCUT2D eigenvalue weighted by Gasteiger charge is 2.10. The van der Waals surface area contributed by atoms with Crippen molar-refractivity contribution in [3.63, 3.8) is 0 Å². The van der Waals surface area contributed by atoms with Gasteiger partial charge in [-0.3, -0.25) is 9.97 Å². The van der Waals surface area contributed by atoms with Crippen LogP contribution in [0.25, 0.3) is 0 Å². The fourth-order valence-corrected chi connectivity index (χ4v) is 1.86. The molecule has 0 aliphatic heterocycles. The summed E-state index contributed by atoms with van der Waals surface area (Å²) in [7, 11) is 0. The molecular formula is C10H9FN2OS. The van der Waals surface area contributed by atoms with Gasteiger partial charge in [-0.1, -0.05) is 0 Å². The molecule has 0 aromatic carbocycles. The standard InChI is InChI=1S/C10H9FN2OS/c11-7-1-2-9(13-4-7)10(14)3-8-5-12-6-15-8/h1-2,4-6,10,14H,3H2. The van der Waals surface area contributed by atoms with E-state index in [2.05, 4.69) is 9.97 Å². The Labute approximate surface area is 90.3 Å². The first kappa shape index (κ1) is 10.2. The van der Waals surface area contributed by atoms with Gasteiger partial charge in [0.25, 0.3) is 0 Å². The minimum absolute atomic E-state index is 0.399. The summed E-state index contributed by atoms with van der Waals surface area (Å²) in [6, 6.07) is 2.78. The second kappa shape index (κ2) is 4.46. The van der Waals surface area contributed by atoms with Gasteiger partial charge >= 0.3 is 0 Å². The molecule has 1 N–H and O–H groups in total. The normalized spacial score (nSPS) is 12.7. The van der Waals surface area contributed by atoms with Crippen molar-refractivity contribution in [2.24, 2.45) is 0 Å². The number of rotatable bonds is 3. The highest BCUT2D eigenvalue weighted by molar-refractivity contribution is 7.09. The second-order valence-corrected chi connectivity index (χ2v) is 4.06. The summed E-state index contributed by atoms with van der Waals surface area (Å²) in [4.78, 5) is 8.71. The van der Waals surface area contributed by atoms with Crippen molar-refractivity contribution in [3.05, 3.63) is 46.4 Å². The average Bonchev–Trinajstić information content (AvgIpc) is 2.71. The molecular weight excluding hydrogens is 215 g/mol. The maximum absolute atomic E-state index is 12.6. The van der Waals surface area contributed by atoms with Gasteiger partial charge < -0.3 is 5.11 Å². The van der Waals surface area contributed by atoms with Gasteiger partial charge in [-0.2, -0.15) is 0 Å². The molecule has 5 heteroatoms. The van der Waals surface area contributed by atoms with Gasteiger partial charge in [0.2, 0.25) is 0 Å². The SMILES string of the molecule is OC(Cc1cncs1)c1ccc(F)cn1. The predicted octanol–water partition coefficient (Wildman–Crippen LogP) is 1.95. The maximum atomic E-state index is 12.6. The summed E-state index contributed by atoms with van der Waals surface area (Å²) < 4.78 is 12.6. The topological polar surface area (TPSA) is 46.0 Å². The molecule has 0 aliphatic rings. The lowest BCUT2D eigenvalue weighted by molar-refractivity contribution is 0.174. The van der Waals surface area contributed by atoms with Crippen LogP contribution in [0.1, 0.15) is 16.7 Å². The molecule has 1 atom stereocenters. The van der Waals surface area contributed by atoms with Crippen LogP contribution in [0.15, 0.2) is 30.0 Å². The smallest absolute Gasteiger partial charge is 0.141 e. The van der Waals surface area contributed by atoms with Crippen LogP contribution in [0.4, 0.5) is 4.39 Å². The number of aliphatic hydroxyl groups is 1. The van der Waals surface area contributed by atoms with E-state index in [0.717, 1.165) is 11.1 Å². The first-order valence-electron chi connectivity index (χ1n) is 4.42. The van der Waals surface area contributed by atoms with Gasteiger partial charge in [0.05, 0.1) is 17.4 Å². The monoisotopic (exact) mass is 224 g/mol. The minimum Gasteiger partial charge on any atom is -0.386 e. The average molecular weight is 224 g/mol. The lowest BCUT2D eigenvalue weighted by Gasteiger charge is -2.07. The van der Waals surface area contributed by atoms with Gasteiger partial charge in [0.15, 0.2) is 0 Å². The molecule has 1 unspecified atom stereocenters. The Hall–Kier alpha value is -1.33. The lowest BCUT2D eigenvalue weighted by Crippen LogP contribution is -2.03. The van der Waals surface area contributed by atoms with E-state index < -0.39 is 11.9 Å². The van der Waals surface area contributed by atoms with Crippen LogP contribution in [0.2, 0.25) is 0 Å². The van der Waals surface area contributed by atoms with E-state index in [1.807, 2.05) is 0 Å². The van der Waals surface area contributed by atoms with Crippen LogP contribution in [0.5, 0.6) is 0 Å². The van der Waals surface area contributed by atoms with Crippen molar-refractivity contribution in [2.75, 3.05) is 0 Å². The predicted molar refractivity (Wildman–Crippen MR) is 55.0 cm³/mol. The summed E-state index contributed by atoms with van der Waals surface area (Å²) in [5, 5.41) is 9.78. The van der Waals surface area contributed by atoms with Gasteiger partial charge in [0, 0.05) is 17.5 Å². The highest BCUT2D eigenvalue weighted by atomic mass is 32.1. The molecule has 0 spiro atoms. The van der Waals surface area contributed by atoms with Crippen molar-refractivity contribution in [1.82, 2.24) is 9.97 Å². The first-order chi connectivity index (χ1) is 7.25. The van der Waals surface area contributed by atoms with Gasteiger partial charge in [0.1, 0.15) is 11.9 Å². The van der Waals surface area contributed by atoms with Crippen LogP contribution < -0.4 is 0 Å². The second-order valence-electron chi connectivity index (χ2n) is 3.09. The Morgan fingerprint density at radius 1 is 1.40 bits per heavy atom. The third-order valence-corrected chi connectivity index (χ3v) is 2.77. The Morgan fingerprint density at radius 2 is 2.27 bits per heavy atom. The largest absolute Gasteiger partial charge is 0.386 e. The minimum atomic E-state index is -0.703. The summed E-state index contributed by atoms with van der Waals surface area (Å²) in [6.07, 6.45) is 2.57. The molecule has 0 radical (unpaired) electrons. The molecule has 0 bridgehead atoms. The molecule has 0 saturated heterocycles. The number of halogens is 1. The number of hydrogen-bond donors (Lipinski definition) is 1. The molecule has 15 heavy (non-hydrogen) atoms. The Kier molecular flexibility index (Phi) is 3.03. The number of pyridine rings is 1. The summed E-state index contributed by atoms with van der Waals surface area (Å²) in [5.74, 6) is -0.399. The van der Waals surface area contributed by atoms with Crippen LogP contribution in [-0.4, -0.2) is 15.1 Å². The lowest BCUT2D eigenvalue weighted by atomic mass is 10.1. The third kappa shape index (κ3) is 2.57. The molecule has 2 heterocycles. The van der Waals surface area contributed by atoms with E-state index in [9.17, 15) is 9.50 Å². The third-order valence-electron chi connectivity index (χ3n) is 1.97. The van der Waals surface area contributed by atoms with Crippen molar-refractivity contribution in [2.45, 2.75) is 12.5 Å². The number of aliphatic hydroxyl groups excluding tert-OH is 1. The van der Waals surface area contributed by atoms with E-state index in [4.69, 9.17) is 0 Å². The quantitative estimate of drug-likeness (QED) is 0.866. The Morgan fingerprint density at radius 3 is 2.87 bits per heavy atom. The molecule has 2 aromatic rings. The van der Waals surface area contributed by atoms with Crippen molar-refractivity contribution in [1.29, 1.82) is 0 Å². The van der Waals surface area contributed by atoms with Crippen LogP contribution >= 0.6 is 11.3 Å². The van der Waals surface area contributed by atoms with E-state index in [1.54, 1.807) is 11.7 Å². The fraction of sp³-hybridized carbons (Fsp3) is 0.200. The zero-order chi connectivity index (χ0) is 10.7. The molecule has 0 aliphatic carbocycles. The summed E-state index contributed by atoms with van der Waals surface area (Å²) in [6.45, 7) is 0. The van der Waals surface area contributed by atoms with Crippen molar-refractivity contribution >= 4 is 11.3 Å². The highest BCUT2D eigenvalue weighted by Crippen LogP contribution is 2.18. The Bertz CT molecular complexity index is 415. The molecule has 3 nitrogen and oxygen atoms in total. The van der Waals surface area contributed by atoms with Crippen LogP contribution in [0.3, 0.4) is 0 Å². The van der Waals surface area contributed by atoms with Gasteiger partial charge in [-0.05, 0) is 12.1 Å². The van der Waals surface area contributed by atoms with Crippen molar-refractivity contribution in [3.8, 4) is 0 Å². The van der Waals surface area contributed by atoms with E-state index in [-0.39, 0.29) is 0 Å². The molecule has 2 rings (SSSR count). The Balaban J connectivity index is 2.08. The van der Waals surface area contributed by atoms with Crippen LogP contribution in [-0.2, 0) is 6.42 Å². The molecule has 0 fully saturated rings.